The molecule has 0 aliphatic carbocycles. The van der Waals surface area contributed by atoms with Crippen LogP contribution in [0.4, 0.5) is 0 Å². The van der Waals surface area contributed by atoms with Crippen LogP contribution in [0.3, 0.4) is 0 Å². The fraction of sp³-hybridized carbons (Fsp3) is 0. The molecule has 0 saturated heterocycles. The first-order valence-corrected chi connectivity index (χ1v) is 49.2. The van der Waals surface area contributed by atoms with Crippen LogP contribution in [-0.4, -0.2) is 43.6 Å². The van der Waals surface area contributed by atoms with Crippen molar-refractivity contribution in [2.24, 2.45) is 0 Å². The molecule has 0 aliphatic heterocycles. The minimum absolute atomic E-state index is 0.703. The summed E-state index contributed by atoms with van der Waals surface area (Å²) in [7, 11) is 0. The van der Waals surface area contributed by atoms with Gasteiger partial charge in [-0.2, -0.15) is 0 Å². The molecular formula is C136H87N9. The molecule has 6 heterocycles. The minimum Gasteiger partial charge on any atom is -0.309 e. The molecule has 0 N–H and O–H groups in total. The number of fused-ring (bicyclic) bond motifs is 16. The van der Waals surface area contributed by atoms with Gasteiger partial charge in [-0.25, -0.2) is 29.9 Å². The summed E-state index contributed by atoms with van der Waals surface area (Å²) in [6, 6.07) is 187. The lowest BCUT2D eigenvalue weighted by molar-refractivity contribution is 1.17. The maximum absolute atomic E-state index is 5.29. The molecule has 29 rings (SSSR count). The Bertz CT molecular complexity index is 10100. The van der Waals surface area contributed by atoms with Gasteiger partial charge in [0.25, 0.3) is 0 Å². The molecule has 0 atom stereocenters. The minimum atomic E-state index is 0.703. The Labute approximate surface area is 836 Å². The molecule has 0 aliphatic rings. The summed E-state index contributed by atoms with van der Waals surface area (Å²) in [5, 5.41) is 20.5. The summed E-state index contributed by atoms with van der Waals surface area (Å²) in [4.78, 5) is 31.1. The number of rotatable bonds is 13. The van der Waals surface area contributed by atoms with E-state index < -0.39 is 0 Å². The second-order valence-corrected chi connectivity index (χ2v) is 37.2. The van der Waals surface area contributed by atoms with Gasteiger partial charge in [0.1, 0.15) is 0 Å². The number of hydrogen-bond donors (Lipinski definition) is 0. The molecule has 145 heavy (non-hydrogen) atoms. The zero-order valence-electron chi connectivity index (χ0n) is 78.8. The lowest BCUT2D eigenvalue weighted by Gasteiger charge is -2.13. The fourth-order valence-electron chi connectivity index (χ4n) is 21.3. The molecule has 9 heteroatoms. The highest BCUT2D eigenvalue weighted by molar-refractivity contribution is 6.17. The van der Waals surface area contributed by atoms with Gasteiger partial charge in [0.2, 0.25) is 0 Å². The second-order valence-electron chi connectivity index (χ2n) is 37.2. The van der Waals surface area contributed by atoms with Gasteiger partial charge in [0, 0.05) is 98.9 Å². The van der Waals surface area contributed by atoms with E-state index in [2.05, 4.69) is 517 Å². The summed E-state index contributed by atoms with van der Waals surface area (Å²) in [5.41, 5.74) is 31.5. The Morgan fingerprint density at radius 3 is 0.759 bits per heavy atom. The van der Waals surface area contributed by atoms with E-state index in [9.17, 15) is 0 Å². The van der Waals surface area contributed by atoms with E-state index in [0.717, 1.165) is 122 Å². The van der Waals surface area contributed by atoms with Gasteiger partial charge in [-0.15, -0.1) is 0 Å². The zero-order valence-corrected chi connectivity index (χ0v) is 78.8. The van der Waals surface area contributed by atoms with E-state index in [4.69, 9.17) is 29.9 Å². The lowest BCUT2D eigenvalue weighted by Crippen LogP contribution is -1.97. The Balaban J connectivity index is 0.000000108. The van der Waals surface area contributed by atoms with Gasteiger partial charge < -0.3 is 13.7 Å². The van der Waals surface area contributed by atoms with E-state index >= 15 is 0 Å². The first kappa shape index (κ1) is 84.8. The number of para-hydroxylation sites is 3. The standard InChI is InChI=1S/C48H31N3.C46H29N3.C42H27N3/c1-3-11-32(12-4-1)34-19-21-35(22-20-34)47-42-28-25-39(33-13-5-2-6-14-33)30-44(42)49-48(50-47)36-23-26-40(27-24-36)51-45-18-10-9-17-41(45)43-29-37-15-7-8-16-38(37)31-46(43)51;1-2-10-30(11-3-1)36-22-25-42-41(28-36)45(37-19-18-31-12-4-5-13-33(31)26-37)48-46(47-42)32-20-23-38(24-21-32)49-43-17-9-8-16-39(43)40-27-34-14-6-7-15-35(34)29-44(40)49;1-3-11-28(12-4-1)33-21-24-38-37(26-33)41(29-13-5-2-6-14-29)44-42(43-38)30-19-22-34(23-20-30)45-39-18-10-9-17-35(39)36-25-31-15-7-8-16-32(31)27-40(36)45/h1-31H;1-29H;1-27H. The van der Waals surface area contributed by atoms with Crippen molar-refractivity contribution in [1.82, 2.24) is 43.6 Å². The van der Waals surface area contributed by atoms with E-state index in [1.165, 1.54) is 131 Å². The Morgan fingerprint density at radius 2 is 0.372 bits per heavy atom. The number of benzene rings is 23. The predicted molar refractivity (Wildman–Crippen MR) is 606 cm³/mol. The summed E-state index contributed by atoms with van der Waals surface area (Å²) < 4.78 is 7.10. The van der Waals surface area contributed by atoms with Crippen LogP contribution in [0, 0.1) is 0 Å². The number of aromatic nitrogens is 9. The van der Waals surface area contributed by atoms with Crippen molar-refractivity contribution in [3.8, 4) is 130 Å². The van der Waals surface area contributed by atoms with Gasteiger partial charge in [-0.1, -0.05) is 358 Å². The van der Waals surface area contributed by atoms with Crippen LogP contribution in [0.2, 0.25) is 0 Å². The highest BCUT2D eigenvalue weighted by Crippen LogP contribution is 2.44. The average molecular weight is 1850 g/mol. The number of hydrogen-bond acceptors (Lipinski definition) is 6. The van der Waals surface area contributed by atoms with Gasteiger partial charge in [0.05, 0.1) is 66.7 Å². The molecule has 0 radical (unpaired) electrons. The maximum Gasteiger partial charge on any atom is 0.160 e. The molecular weight excluding hydrogens is 1760 g/mol. The van der Waals surface area contributed by atoms with Gasteiger partial charge in [-0.3, -0.25) is 0 Å². The van der Waals surface area contributed by atoms with Crippen LogP contribution in [0.5, 0.6) is 0 Å². The van der Waals surface area contributed by atoms with Crippen molar-refractivity contribution in [2.45, 2.75) is 0 Å². The predicted octanol–water partition coefficient (Wildman–Crippen LogP) is 35.5. The van der Waals surface area contributed by atoms with Crippen LogP contribution in [-0.2, 0) is 0 Å². The summed E-state index contributed by atoms with van der Waals surface area (Å²) >= 11 is 0. The molecule has 0 saturated carbocycles. The molecule has 0 amide bonds. The molecule has 0 bridgehead atoms. The largest absolute Gasteiger partial charge is 0.309 e. The molecule has 0 spiro atoms. The van der Waals surface area contributed by atoms with E-state index in [-0.39, 0.29) is 0 Å². The Kier molecular flexibility index (Phi) is 21.1. The molecule has 29 aromatic rings. The third-order valence-electron chi connectivity index (χ3n) is 28.5. The zero-order chi connectivity index (χ0) is 95.8. The van der Waals surface area contributed by atoms with Crippen LogP contribution in [0.15, 0.2) is 528 Å². The van der Waals surface area contributed by atoms with Crippen LogP contribution >= 0.6 is 0 Å². The smallest absolute Gasteiger partial charge is 0.160 e. The van der Waals surface area contributed by atoms with E-state index in [1.54, 1.807) is 0 Å². The Morgan fingerprint density at radius 1 is 0.117 bits per heavy atom. The van der Waals surface area contributed by atoms with Crippen molar-refractivity contribution in [2.75, 3.05) is 0 Å². The first-order valence-electron chi connectivity index (χ1n) is 49.2. The summed E-state index contributed by atoms with van der Waals surface area (Å²) in [6.45, 7) is 0. The third kappa shape index (κ3) is 15.7. The lowest BCUT2D eigenvalue weighted by atomic mass is 9.98. The second kappa shape index (κ2) is 36.1. The molecule has 23 aromatic carbocycles. The fourth-order valence-corrected chi connectivity index (χ4v) is 21.3. The van der Waals surface area contributed by atoms with Crippen molar-refractivity contribution in [1.29, 1.82) is 0 Å². The topological polar surface area (TPSA) is 92.1 Å². The average Bonchev–Trinajstić information content (AvgIpc) is 1.21. The SMILES string of the molecule is c1ccc(-c2ccc(-c3nc(-c4ccc(-n5c6ccccc6c6cc7ccccc7cc65)cc4)nc4cc(-c5ccccc5)ccc34)cc2)cc1.c1ccc(-c2ccc3nc(-c4ccc(-n5c6ccccc6c6cc7ccccc7cc65)cc4)nc(-c4ccc5ccccc5c4)c3c2)cc1.c1ccc(-c2ccc3nc(-c4ccc(-n5c6ccccc6c6cc7ccccc7cc65)cc4)nc(-c4ccccc4)c3c2)cc1. The number of nitrogens with zero attached hydrogens (tertiary/aromatic N) is 9. The summed E-state index contributed by atoms with van der Waals surface area (Å²) in [6.07, 6.45) is 0. The van der Waals surface area contributed by atoms with Crippen molar-refractivity contribution in [3.63, 3.8) is 0 Å². The monoisotopic (exact) mass is 1850 g/mol. The van der Waals surface area contributed by atoms with Crippen LogP contribution in [0.1, 0.15) is 0 Å². The maximum atomic E-state index is 5.29. The van der Waals surface area contributed by atoms with Crippen molar-refractivity contribution < 1.29 is 0 Å². The molecule has 9 nitrogen and oxygen atoms in total. The van der Waals surface area contributed by atoms with Crippen molar-refractivity contribution >= 4 is 141 Å². The van der Waals surface area contributed by atoms with Crippen LogP contribution < -0.4 is 0 Å². The molecule has 0 fully saturated rings. The Hall–Kier alpha value is -19.5. The highest BCUT2D eigenvalue weighted by atomic mass is 15.0. The van der Waals surface area contributed by atoms with E-state index in [1.807, 2.05) is 24.3 Å². The highest BCUT2D eigenvalue weighted by Gasteiger charge is 2.23. The van der Waals surface area contributed by atoms with E-state index in [0.29, 0.717) is 17.5 Å². The first-order chi connectivity index (χ1) is 71.8. The van der Waals surface area contributed by atoms with Gasteiger partial charge in [0.15, 0.2) is 17.5 Å². The van der Waals surface area contributed by atoms with Crippen LogP contribution in [0.25, 0.3) is 271 Å². The quantitative estimate of drug-likeness (QED) is 0.114. The molecule has 676 valence electrons. The van der Waals surface area contributed by atoms with Gasteiger partial charge in [-0.05, 0) is 257 Å². The van der Waals surface area contributed by atoms with Crippen molar-refractivity contribution in [3.05, 3.63) is 528 Å². The normalized spacial score (nSPS) is 11.6. The molecule has 0 unspecified atom stereocenters. The summed E-state index contributed by atoms with van der Waals surface area (Å²) in [5.74, 6) is 2.13. The third-order valence-corrected chi connectivity index (χ3v) is 28.5. The molecule has 6 aromatic heterocycles. The van der Waals surface area contributed by atoms with Gasteiger partial charge >= 0.3 is 0 Å².